The van der Waals surface area contributed by atoms with Crippen LogP contribution in [-0.2, 0) is 4.84 Å². The molecule has 5 heteroatoms. The van der Waals surface area contributed by atoms with Gasteiger partial charge in [-0.2, -0.15) is 0 Å². The summed E-state index contributed by atoms with van der Waals surface area (Å²) in [5.74, 6) is 1.32. The Hall–Kier alpha value is -0.0400. The van der Waals surface area contributed by atoms with Crippen molar-refractivity contribution < 1.29 is 4.84 Å². The van der Waals surface area contributed by atoms with Gasteiger partial charge in [0.1, 0.15) is 6.61 Å². The maximum Gasteiger partial charge on any atom is 0.155 e. The van der Waals surface area contributed by atoms with E-state index in [1.807, 2.05) is 10.0 Å². The molecule has 0 amide bonds. The van der Waals surface area contributed by atoms with Crippen molar-refractivity contribution in [3.63, 3.8) is 0 Å². The van der Waals surface area contributed by atoms with Crippen molar-refractivity contribution in [3.8, 4) is 0 Å². The first kappa shape index (κ1) is 11.0. The zero-order chi connectivity index (χ0) is 10.1. The Bertz CT molecular complexity index is 215. The molecule has 1 rings (SSSR count). The fraction of sp³-hybridized carbons (Fsp3) is 0.875. The number of hydrogen-bond donors (Lipinski definition) is 1. The molecule has 13 heavy (non-hydrogen) atoms. The van der Waals surface area contributed by atoms with Gasteiger partial charge in [-0.15, -0.1) is 0 Å². The Labute approximate surface area is 93.0 Å². The Morgan fingerprint density at radius 2 is 2.31 bits per heavy atom. The molecule has 76 valence electrons. The van der Waals surface area contributed by atoms with Gasteiger partial charge in [0.15, 0.2) is 5.84 Å². The molecule has 0 fully saturated rings. The molecule has 1 heterocycles. The second-order valence-electron chi connectivity index (χ2n) is 4.05. The van der Waals surface area contributed by atoms with E-state index in [0.717, 1.165) is 12.4 Å². The van der Waals surface area contributed by atoms with E-state index >= 15 is 0 Å². The van der Waals surface area contributed by atoms with Crippen LogP contribution in [0.1, 0.15) is 20.8 Å². The number of hydrogen-bond acceptors (Lipinski definition) is 4. The van der Waals surface area contributed by atoms with Crippen molar-refractivity contribution >= 4 is 28.7 Å². The molecule has 0 aromatic carbocycles. The second kappa shape index (κ2) is 4.00. The minimum Gasteiger partial charge on any atom is -0.392 e. The number of halogens is 1. The molecule has 0 bridgehead atoms. The van der Waals surface area contributed by atoms with Crippen molar-refractivity contribution in [1.29, 1.82) is 0 Å². The molecule has 4 nitrogen and oxygen atoms in total. The molecule has 0 aromatic rings. The van der Waals surface area contributed by atoms with Crippen LogP contribution < -0.4 is 5.73 Å². The maximum absolute atomic E-state index is 5.99. The highest BCUT2D eigenvalue weighted by Gasteiger charge is 2.28. The molecule has 0 spiro atoms. The Morgan fingerprint density at radius 3 is 2.85 bits per heavy atom. The Morgan fingerprint density at radius 1 is 1.69 bits per heavy atom. The van der Waals surface area contributed by atoms with Crippen LogP contribution >= 0.6 is 22.9 Å². The number of amidine groups is 1. The molecule has 1 aliphatic heterocycles. The predicted molar refractivity (Wildman–Crippen MR) is 61.5 cm³/mol. The quantitative estimate of drug-likeness (QED) is 0.587. The first-order valence-corrected chi connectivity index (χ1v) is 5.31. The van der Waals surface area contributed by atoms with Crippen LogP contribution in [0.4, 0.5) is 0 Å². The van der Waals surface area contributed by atoms with E-state index in [9.17, 15) is 0 Å². The summed E-state index contributed by atoms with van der Waals surface area (Å²) in [5, 5.41) is 4.05. The molecule has 0 saturated heterocycles. The van der Waals surface area contributed by atoms with Crippen LogP contribution in [0.5, 0.6) is 0 Å². The fourth-order valence-corrected chi connectivity index (χ4v) is 2.54. The van der Waals surface area contributed by atoms with Crippen molar-refractivity contribution in [2.24, 2.45) is 16.8 Å². The van der Waals surface area contributed by atoms with Crippen molar-refractivity contribution in [2.75, 3.05) is 13.2 Å². The lowest BCUT2D eigenvalue weighted by Crippen LogP contribution is -2.48. The highest BCUT2D eigenvalue weighted by atomic mass is 127. The zero-order valence-corrected chi connectivity index (χ0v) is 10.4. The molecular formula is C8H16IN3O. The molecule has 1 atom stereocenters. The number of rotatable bonds is 1. The first-order chi connectivity index (χ1) is 5.92. The van der Waals surface area contributed by atoms with Crippen molar-refractivity contribution in [3.05, 3.63) is 0 Å². The Kier molecular flexibility index (Phi) is 3.39. The van der Waals surface area contributed by atoms with Gasteiger partial charge >= 0.3 is 0 Å². The number of oxime groups is 1. The predicted octanol–water partition coefficient (Wildman–Crippen LogP) is 1.36. The van der Waals surface area contributed by atoms with Gasteiger partial charge in [-0.05, 0) is 6.92 Å². The van der Waals surface area contributed by atoms with Crippen molar-refractivity contribution in [2.45, 2.75) is 26.3 Å². The van der Waals surface area contributed by atoms with Crippen LogP contribution in [0.15, 0.2) is 5.16 Å². The van der Waals surface area contributed by atoms with Crippen molar-refractivity contribution in [1.82, 2.24) is 3.11 Å². The zero-order valence-electron chi connectivity index (χ0n) is 8.25. The molecule has 0 aliphatic carbocycles. The van der Waals surface area contributed by atoms with Gasteiger partial charge in [0.05, 0.1) is 34.9 Å². The summed E-state index contributed by atoms with van der Waals surface area (Å²) >= 11 is 2.23. The molecule has 0 aromatic heterocycles. The smallest absolute Gasteiger partial charge is 0.155 e. The Balaban J connectivity index is 2.74. The minimum absolute atomic E-state index is 0.318. The summed E-state index contributed by atoms with van der Waals surface area (Å²) in [4.78, 5) is 5.17. The van der Waals surface area contributed by atoms with E-state index < -0.39 is 0 Å². The van der Waals surface area contributed by atoms with E-state index in [1.165, 1.54) is 0 Å². The lowest BCUT2D eigenvalue weighted by atomic mass is 10.1. The monoisotopic (exact) mass is 297 g/mol. The molecule has 1 unspecified atom stereocenters. The topological polar surface area (TPSA) is 50.9 Å². The summed E-state index contributed by atoms with van der Waals surface area (Å²) in [6.07, 6.45) is 0. The van der Waals surface area contributed by atoms with Gasteiger partial charge in [0.2, 0.25) is 0 Å². The van der Waals surface area contributed by atoms with Gasteiger partial charge in [0.25, 0.3) is 0 Å². The van der Waals surface area contributed by atoms with Gasteiger partial charge in [0, 0.05) is 5.92 Å². The summed E-state index contributed by atoms with van der Waals surface area (Å²) in [7, 11) is 0. The molecule has 2 N–H and O–H groups in total. The molecule has 0 saturated carbocycles. The summed E-state index contributed by atoms with van der Waals surface area (Å²) in [6.45, 7) is 7.39. The van der Waals surface area contributed by atoms with Gasteiger partial charge in [-0.3, -0.25) is 3.11 Å². The van der Waals surface area contributed by atoms with Gasteiger partial charge < -0.3 is 10.6 Å². The van der Waals surface area contributed by atoms with E-state index in [1.54, 1.807) is 0 Å². The normalized spacial score (nSPS) is 29.7. The van der Waals surface area contributed by atoms with Crippen LogP contribution in [-0.4, -0.2) is 27.6 Å². The van der Waals surface area contributed by atoms with E-state index in [-0.39, 0.29) is 5.54 Å². The molecule has 1 aliphatic rings. The highest BCUT2D eigenvalue weighted by Crippen LogP contribution is 2.17. The van der Waals surface area contributed by atoms with Crippen LogP contribution in [0.2, 0.25) is 0 Å². The van der Waals surface area contributed by atoms with Crippen LogP contribution in [0.3, 0.4) is 0 Å². The largest absolute Gasteiger partial charge is 0.392 e. The second-order valence-corrected chi connectivity index (χ2v) is 5.22. The SMILES string of the molecule is CC(C)C1=NOCC(C)(N)CN1I. The summed E-state index contributed by atoms with van der Waals surface area (Å²) < 4.78 is 2.04. The average molecular weight is 297 g/mol. The summed E-state index contributed by atoms with van der Waals surface area (Å²) in [6, 6.07) is 0. The van der Waals surface area contributed by atoms with E-state index in [0.29, 0.717) is 12.5 Å². The number of nitrogens with zero attached hydrogens (tertiary/aromatic N) is 2. The van der Waals surface area contributed by atoms with Gasteiger partial charge in [-0.1, -0.05) is 19.0 Å². The van der Waals surface area contributed by atoms with Gasteiger partial charge in [-0.25, -0.2) is 0 Å². The minimum atomic E-state index is -0.318. The van der Waals surface area contributed by atoms with E-state index in [2.05, 4.69) is 41.9 Å². The summed E-state index contributed by atoms with van der Waals surface area (Å²) in [5.41, 5.74) is 5.67. The van der Waals surface area contributed by atoms with E-state index in [4.69, 9.17) is 10.6 Å². The standard InChI is InChI=1S/C8H16IN3O/c1-6(2)7-11-13-5-8(3,10)4-12(7)9/h6H,4-5,10H2,1-3H3. The molecular weight excluding hydrogens is 281 g/mol. The van der Waals surface area contributed by atoms with Crippen LogP contribution in [0.25, 0.3) is 0 Å². The third-order valence-electron chi connectivity index (χ3n) is 1.82. The van der Waals surface area contributed by atoms with Crippen LogP contribution in [0, 0.1) is 5.92 Å². The number of nitrogens with two attached hydrogens (primary N) is 1. The molecule has 0 radical (unpaired) electrons. The average Bonchev–Trinajstić information content (AvgIpc) is 2.06. The lowest BCUT2D eigenvalue weighted by Gasteiger charge is -2.26. The third-order valence-corrected chi connectivity index (χ3v) is 2.65. The first-order valence-electron chi connectivity index (χ1n) is 4.34. The lowest BCUT2D eigenvalue weighted by molar-refractivity contribution is 0.105. The maximum atomic E-state index is 5.99. The third kappa shape index (κ3) is 2.98. The highest BCUT2D eigenvalue weighted by molar-refractivity contribution is 14.1. The fourth-order valence-electron chi connectivity index (χ4n) is 1.12.